The van der Waals surface area contributed by atoms with Crippen LogP contribution < -0.4 is 28.6 Å². The normalized spacial score (nSPS) is 11.7. The molecular weight excluding hydrogens is 610 g/mol. The molecular formula is C31H38ClN3O8S. The molecule has 3 aromatic rings. The van der Waals surface area contributed by atoms with Crippen LogP contribution in [-0.2, 0) is 26.2 Å². The maximum Gasteiger partial charge on any atom is 0.265 e. The van der Waals surface area contributed by atoms with Crippen LogP contribution in [0.1, 0.15) is 25.8 Å². The number of sulfonamides is 1. The van der Waals surface area contributed by atoms with Gasteiger partial charge in [0.25, 0.3) is 10.0 Å². The van der Waals surface area contributed by atoms with Crippen LogP contribution in [0.2, 0.25) is 5.02 Å². The second-order valence-electron chi connectivity index (χ2n) is 9.68. The fraction of sp³-hybridized carbons (Fsp3) is 0.355. The van der Waals surface area contributed by atoms with E-state index in [1.54, 1.807) is 37.3 Å². The quantitative estimate of drug-likeness (QED) is 0.256. The number of nitrogens with one attached hydrogen (secondary N) is 1. The summed E-state index contributed by atoms with van der Waals surface area (Å²) in [6.45, 7) is 3.26. The highest BCUT2D eigenvalue weighted by Crippen LogP contribution is 2.37. The average Bonchev–Trinajstić information content (AvgIpc) is 3.03. The molecule has 0 bridgehead atoms. The largest absolute Gasteiger partial charge is 0.497 e. The lowest BCUT2D eigenvalue weighted by molar-refractivity contribution is -0.139. The van der Waals surface area contributed by atoms with Gasteiger partial charge in [-0.05, 0) is 61.4 Å². The van der Waals surface area contributed by atoms with E-state index in [2.05, 4.69) is 5.32 Å². The van der Waals surface area contributed by atoms with E-state index in [4.69, 9.17) is 30.5 Å². The second-order valence-corrected chi connectivity index (χ2v) is 12.0. The van der Waals surface area contributed by atoms with Crippen LogP contribution in [0.5, 0.6) is 23.0 Å². The van der Waals surface area contributed by atoms with E-state index in [0.29, 0.717) is 30.0 Å². The maximum atomic E-state index is 14.3. The zero-order valence-electron chi connectivity index (χ0n) is 25.6. The SMILES string of the molecule is CCCNC(=O)C(C)N(Cc1cccc(OC)c1)C(=O)CN(c1cc(Cl)ccc1OC)S(=O)(=O)c1ccc(OC)c(OC)c1. The molecule has 0 aromatic heterocycles. The van der Waals surface area contributed by atoms with Gasteiger partial charge in [-0.1, -0.05) is 30.7 Å². The minimum Gasteiger partial charge on any atom is -0.497 e. The molecule has 11 nitrogen and oxygen atoms in total. The molecule has 0 saturated heterocycles. The summed E-state index contributed by atoms with van der Waals surface area (Å²) in [4.78, 5) is 28.4. The third-order valence-electron chi connectivity index (χ3n) is 6.84. The molecule has 0 fully saturated rings. The van der Waals surface area contributed by atoms with Crippen LogP contribution in [0.25, 0.3) is 0 Å². The molecule has 1 unspecified atom stereocenters. The van der Waals surface area contributed by atoms with Crippen molar-refractivity contribution in [3.8, 4) is 23.0 Å². The van der Waals surface area contributed by atoms with E-state index in [0.717, 1.165) is 4.31 Å². The Balaban J connectivity index is 2.14. The maximum absolute atomic E-state index is 14.3. The molecule has 0 aliphatic carbocycles. The lowest BCUT2D eigenvalue weighted by atomic mass is 10.1. The number of nitrogens with zero attached hydrogens (tertiary/aromatic N) is 2. The van der Waals surface area contributed by atoms with Crippen molar-refractivity contribution >= 4 is 39.1 Å². The van der Waals surface area contributed by atoms with Gasteiger partial charge in [0.05, 0.1) is 39.0 Å². The molecule has 3 rings (SSSR count). The number of hydrogen-bond acceptors (Lipinski definition) is 8. The number of carbonyl (C=O) groups is 2. The van der Waals surface area contributed by atoms with Crippen LogP contribution in [-0.4, -0.2) is 72.7 Å². The summed E-state index contributed by atoms with van der Waals surface area (Å²) in [5, 5.41) is 3.04. The van der Waals surface area contributed by atoms with E-state index in [1.807, 2.05) is 6.92 Å². The molecule has 2 amide bonds. The van der Waals surface area contributed by atoms with Crippen molar-refractivity contribution in [3.05, 3.63) is 71.2 Å². The first kappa shape index (κ1) is 34.3. The van der Waals surface area contributed by atoms with Crippen molar-refractivity contribution in [1.29, 1.82) is 0 Å². The van der Waals surface area contributed by atoms with Gasteiger partial charge in [-0.3, -0.25) is 13.9 Å². The molecule has 3 aromatic carbocycles. The van der Waals surface area contributed by atoms with Crippen molar-refractivity contribution in [1.82, 2.24) is 10.2 Å². The molecule has 0 aliphatic rings. The van der Waals surface area contributed by atoms with Gasteiger partial charge < -0.3 is 29.2 Å². The number of ether oxygens (including phenoxy) is 4. The van der Waals surface area contributed by atoms with Gasteiger partial charge in [-0.25, -0.2) is 8.42 Å². The van der Waals surface area contributed by atoms with Crippen LogP contribution in [0.15, 0.2) is 65.6 Å². The molecule has 0 spiro atoms. The summed E-state index contributed by atoms with van der Waals surface area (Å²) in [5.41, 5.74) is 0.718. The Morgan fingerprint density at radius 3 is 2.20 bits per heavy atom. The summed E-state index contributed by atoms with van der Waals surface area (Å²) in [6.07, 6.45) is 0.703. The summed E-state index contributed by atoms with van der Waals surface area (Å²) >= 11 is 6.30. The first-order chi connectivity index (χ1) is 21.0. The third-order valence-corrected chi connectivity index (χ3v) is 8.83. The summed E-state index contributed by atoms with van der Waals surface area (Å²) in [6, 6.07) is 14.7. The van der Waals surface area contributed by atoms with Crippen molar-refractivity contribution in [2.24, 2.45) is 0 Å². The van der Waals surface area contributed by atoms with Crippen molar-refractivity contribution in [2.45, 2.75) is 37.8 Å². The summed E-state index contributed by atoms with van der Waals surface area (Å²) in [5.74, 6) is 0.221. The van der Waals surface area contributed by atoms with E-state index in [9.17, 15) is 18.0 Å². The van der Waals surface area contributed by atoms with Gasteiger partial charge in [0.1, 0.15) is 24.1 Å². The molecule has 44 heavy (non-hydrogen) atoms. The Hall–Kier alpha value is -4.16. The van der Waals surface area contributed by atoms with E-state index >= 15 is 0 Å². The molecule has 1 N–H and O–H groups in total. The molecule has 0 aliphatic heterocycles. The minimum atomic E-state index is -4.44. The Bertz CT molecular complexity index is 1570. The van der Waals surface area contributed by atoms with Gasteiger partial charge in [-0.2, -0.15) is 0 Å². The number of benzene rings is 3. The van der Waals surface area contributed by atoms with E-state index < -0.39 is 28.5 Å². The van der Waals surface area contributed by atoms with Crippen LogP contribution in [0.3, 0.4) is 0 Å². The second kappa shape index (κ2) is 15.5. The van der Waals surface area contributed by atoms with E-state index in [-0.39, 0.29) is 39.6 Å². The predicted molar refractivity (Wildman–Crippen MR) is 168 cm³/mol. The Morgan fingerprint density at radius 1 is 0.886 bits per heavy atom. The topological polar surface area (TPSA) is 124 Å². The fourth-order valence-corrected chi connectivity index (χ4v) is 6.02. The van der Waals surface area contributed by atoms with Crippen LogP contribution >= 0.6 is 11.6 Å². The Morgan fingerprint density at radius 2 is 1.57 bits per heavy atom. The number of amides is 2. The third kappa shape index (κ3) is 8.06. The zero-order valence-corrected chi connectivity index (χ0v) is 27.2. The average molecular weight is 648 g/mol. The van der Waals surface area contributed by atoms with Crippen LogP contribution in [0.4, 0.5) is 5.69 Å². The minimum absolute atomic E-state index is 0.00761. The summed E-state index contributed by atoms with van der Waals surface area (Å²) < 4.78 is 50.9. The number of methoxy groups -OCH3 is 4. The van der Waals surface area contributed by atoms with Gasteiger partial charge >= 0.3 is 0 Å². The molecule has 238 valence electrons. The Kier molecular flexibility index (Phi) is 12.1. The highest BCUT2D eigenvalue weighted by atomic mass is 35.5. The first-order valence-corrected chi connectivity index (χ1v) is 15.6. The Labute approximate surface area is 263 Å². The molecule has 0 radical (unpaired) electrons. The van der Waals surface area contributed by atoms with Crippen molar-refractivity contribution < 1.29 is 37.0 Å². The number of halogens is 1. The highest BCUT2D eigenvalue weighted by Gasteiger charge is 2.34. The monoisotopic (exact) mass is 647 g/mol. The van der Waals surface area contributed by atoms with Gasteiger partial charge in [-0.15, -0.1) is 0 Å². The molecule has 13 heteroatoms. The number of rotatable bonds is 15. The first-order valence-electron chi connectivity index (χ1n) is 13.8. The predicted octanol–water partition coefficient (Wildman–Crippen LogP) is 4.51. The number of carbonyl (C=O) groups excluding carboxylic acids is 2. The van der Waals surface area contributed by atoms with E-state index in [1.165, 1.54) is 63.7 Å². The van der Waals surface area contributed by atoms with Crippen molar-refractivity contribution in [2.75, 3.05) is 45.8 Å². The fourth-order valence-electron chi connectivity index (χ4n) is 4.42. The number of anilines is 1. The van der Waals surface area contributed by atoms with Gasteiger partial charge in [0.15, 0.2) is 11.5 Å². The lowest BCUT2D eigenvalue weighted by Crippen LogP contribution is -2.51. The summed E-state index contributed by atoms with van der Waals surface area (Å²) in [7, 11) is 1.28. The van der Waals surface area contributed by atoms with Crippen molar-refractivity contribution in [3.63, 3.8) is 0 Å². The zero-order chi connectivity index (χ0) is 32.4. The van der Waals surface area contributed by atoms with Gasteiger partial charge in [0, 0.05) is 24.2 Å². The molecule has 1 atom stereocenters. The highest BCUT2D eigenvalue weighted by molar-refractivity contribution is 7.92. The van der Waals surface area contributed by atoms with Gasteiger partial charge in [0.2, 0.25) is 11.8 Å². The molecule has 0 heterocycles. The standard InChI is InChI=1S/C31H38ClN3O8S/c1-7-15-33-31(37)21(2)34(19-22-9-8-10-24(16-22)40-3)30(36)20-35(26-17-23(32)11-13-27(26)41-4)44(38,39)25-12-14-28(42-5)29(18-25)43-6/h8-14,16-18,21H,7,15,19-20H2,1-6H3,(H,33,37). The molecule has 0 saturated carbocycles. The van der Waals surface area contributed by atoms with Crippen LogP contribution in [0, 0.1) is 0 Å². The number of hydrogen-bond donors (Lipinski definition) is 1. The lowest BCUT2D eigenvalue weighted by Gasteiger charge is -2.32. The smallest absolute Gasteiger partial charge is 0.265 e.